The molecule has 0 aliphatic rings. The molecule has 0 fully saturated rings. The van der Waals surface area contributed by atoms with Crippen molar-refractivity contribution >= 4 is 21.6 Å². The van der Waals surface area contributed by atoms with Gasteiger partial charge in [0, 0.05) is 15.7 Å². The number of benzene rings is 2. The molecule has 3 rings (SSSR count). The van der Waals surface area contributed by atoms with Gasteiger partial charge in [-0.3, -0.25) is 0 Å². The van der Waals surface area contributed by atoms with Gasteiger partial charge in [-0.05, 0) is 41.1 Å². The Hall–Kier alpha value is -2.14. The molecule has 0 spiro atoms. The molecule has 1 heterocycles. The molecule has 20 heavy (non-hydrogen) atoms. The first kappa shape index (κ1) is 12.9. The van der Waals surface area contributed by atoms with E-state index in [-0.39, 0.29) is 0 Å². The van der Waals surface area contributed by atoms with Gasteiger partial charge < -0.3 is 10.3 Å². The van der Waals surface area contributed by atoms with E-state index in [1.54, 1.807) is 6.07 Å². The van der Waals surface area contributed by atoms with Gasteiger partial charge in [0.1, 0.15) is 0 Å². The van der Waals surface area contributed by atoms with Crippen LogP contribution in [0.5, 0.6) is 0 Å². The summed E-state index contributed by atoms with van der Waals surface area (Å²) in [5, 5.41) is 4.02. The van der Waals surface area contributed by atoms with E-state index >= 15 is 0 Å². The van der Waals surface area contributed by atoms with Gasteiger partial charge in [0.15, 0.2) is 0 Å². The Balaban J connectivity index is 2.01. The summed E-state index contributed by atoms with van der Waals surface area (Å²) in [5.74, 6) is 1.01. The molecule has 0 bridgehead atoms. The molecule has 3 aromatic rings. The summed E-state index contributed by atoms with van der Waals surface area (Å²) in [6.45, 7) is 2.04. The zero-order chi connectivity index (χ0) is 14.1. The summed E-state index contributed by atoms with van der Waals surface area (Å²) in [5.41, 5.74) is 9.34. The van der Waals surface area contributed by atoms with Crippen LogP contribution in [0.4, 0.5) is 5.69 Å². The second-order valence-electron chi connectivity index (χ2n) is 4.53. The van der Waals surface area contributed by atoms with Gasteiger partial charge >= 0.3 is 0 Å². The maximum Gasteiger partial charge on any atom is 0.259 e. The fourth-order valence-corrected chi connectivity index (χ4v) is 2.28. The summed E-state index contributed by atoms with van der Waals surface area (Å²) >= 11 is 3.46. The smallest absolute Gasteiger partial charge is 0.259 e. The number of hydrogen-bond acceptors (Lipinski definition) is 4. The van der Waals surface area contributed by atoms with Crippen molar-refractivity contribution < 1.29 is 4.52 Å². The number of nitrogens with two attached hydrogens (primary N) is 1. The van der Waals surface area contributed by atoms with Crippen LogP contribution in [0.1, 0.15) is 5.56 Å². The Morgan fingerprint density at radius 2 is 1.85 bits per heavy atom. The molecule has 0 aliphatic carbocycles. The van der Waals surface area contributed by atoms with Gasteiger partial charge in [0.05, 0.1) is 5.56 Å². The molecule has 4 nitrogen and oxygen atoms in total. The van der Waals surface area contributed by atoms with Crippen molar-refractivity contribution in [3.63, 3.8) is 0 Å². The van der Waals surface area contributed by atoms with Crippen molar-refractivity contribution in [2.45, 2.75) is 6.92 Å². The third-order valence-electron chi connectivity index (χ3n) is 2.96. The number of aromatic nitrogens is 2. The minimum atomic E-state index is 0.444. The van der Waals surface area contributed by atoms with Crippen molar-refractivity contribution in [2.75, 3.05) is 5.73 Å². The predicted octanol–water partition coefficient (Wildman–Crippen LogP) is 4.06. The Morgan fingerprint density at radius 3 is 2.60 bits per heavy atom. The van der Waals surface area contributed by atoms with Gasteiger partial charge in [-0.25, -0.2) is 0 Å². The third kappa shape index (κ3) is 2.44. The number of halogens is 1. The van der Waals surface area contributed by atoms with Crippen LogP contribution < -0.4 is 5.73 Å². The topological polar surface area (TPSA) is 64.9 Å². The Labute approximate surface area is 124 Å². The lowest BCUT2D eigenvalue weighted by atomic mass is 10.1. The second-order valence-corrected chi connectivity index (χ2v) is 5.38. The van der Waals surface area contributed by atoms with Crippen molar-refractivity contribution in [3.05, 3.63) is 52.5 Å². The molecule has 0 saturated heterocycles. The van der Waals surface area contributed by atoms with Crippen LogP contribution >= 0.6 is 15.9 Å². The molecular weight excluding hydrogens is 318 g/mol. The van der Waals surface area contributed by atoms with E-state index < -0.39 is 0 Å². The summed E-state index contributed by atoms with van der Waals surface area (Å²) < 4.78 is 6.19. The molecule has 100 valence electrons. The molecule has 0 atom stereocenters. The van der Waals surface area contributed by atoms with E-state index in [0.29, 0.717) is 17.4 Å². The standard InChI is InChI=1S/C15H12BrN3O/c1-9-2-4-10(5-3-9)14-18-15(20-19-14)12-8-11(17)6-7-13(12)16/h2-8H,17H2,1H3. The monoisotopic (exact) mass is 329 g/mol. The molecule has 5 heteroatoms. The first-order chi connectivity index (χ1) is 9.63. The van der Waals surface area contributed by atoms with E-state index in [9.17, 15) is 0 Å². The fraction of sp³-hybridized carbons (Fsp3) is 0.0667. The molecule has 0 saturated carbocycles. The van der Waals surface area contributed by atoms with Crippen LogP contribution in [0.25, 0.3) is 22.8 Å². The Morgan fingerprint density at radius 1 is 1.10 bits per heavy atom. The summed E-state index contributed by atoms with van der Waals surface area (Å²) in [6.07, 6.45) is 0. The van der Waals surface area contributed by atoms with E-state index in [2.05, 4.69) is 26.1 Å². The first-order valence-corrected chi connectivity index (χ1v) is 6.89. The Kier molecular flexibility index (Phi) is 3.28. The molecule has 2 aromatic carbocycles. The normalized spacial score (nSPS) is 10.7. The van der Waals surface area contributed by atoms with Crippen LogP contribution in [-0.2, 0) is 0 Å². The summed E-state index contributed by atoms with van der Waals surface area (Å²) in [4.78, 5) is 4.42. The Bertz CT molecular complexity index is 750. The second kappa shape index (κ2) is 5.09. The SMILES string of the molecule is Cc1ccc(-c2noc(-c3cc(N)ccc3Br)n2)cc1. The highest BCUT2D eigenvalue weighted by atomic mass is 79.9. The highest BCUT2D eigenvalue weighted by Crippen LogP contribution is 2.30. The summed E-state index contributed by atoms with van der Waals surface area (Å²) in [6, 6.07) is 13.4. The lowest BCUT2D eigenvalue weighted by Crippen LogP contribution is -1.87. The van der Waals surface area contributed by atoms with Crippen LogP contribution in [0.2, 0.25) is 0 Å². The molecule has 0 radical (unpaired) electrons. The summed E-state index contributed by atoms with van der Waals surface area (Å²) in [7, 11) is 0. The molecule has 0 amide bonds. The number of nitrogen functional groups attached to an aromatic ring is 1. The van der Waals surface area contributed by atoms with E-state index in [4.69, 9.17) is 10.3 Å². The number of hydrogen-bond donors (Lipinski definition) is 1. The quantitative estimate of drug-likeness (QED) is 0.720. The fourth-order valence-electron chi connectivity index (χ4n) is 1.86. The minimum absolute atomic E-state index is 0.444. The molecule has 0 aliphatic heterocycles. The predicted molar refractivity (Wildman–Crippen MR) is 82.0 cm³/mol. The van der Waals surface area contributed by atoms with Crippen molar-refractivity contribution in [3.8, 4) is 22.8 Å². The van der Waals surface area contributed by atoms with E-state index in [0.717, 1.165) is 15.6 Å². The van der Waals surface area contributed by atoms with Crippen molar-refractivity contribution in [1.29, 1.82) is 0 Å². The zero-order valence-corrected chi connectivity index (χ0v) is 12.4. The number of anilines is 1. The third-order valence-corrected chi connectivity index (χ3v) is 3.65. The average molecular weight is 330 g/mol. The van der Waals surface area contributed by atoms with Crippen LogP contribution in [-0.4, -0.2) is 10.1 Å². The van der Waals surface area contributed by atoms with Gasteiger partial charge in [0.2, 0.25) is 5.82 Å². The van der Waals surface area contributed by atoms with Gasteiger partial charge in [-0.1, -0.05) is 35.0 Å². The molecular formula is C15H12BrN3O. The van der Waals surface area contributed by atoms with E-state index in [1.165, 1.54) is 5.56 Å². The average Bonchev–Trinajstić information content (AvgIpc) is 2.92. The highest BCUT2D eigenvalue weighted by molar-refractivity contribution is 9.10. The van der Waals surface area contributed by atoms with Crippen LogP contribution in [0.3, 0.4) is 0 Å². The van der Waals surface area contributed by atoms with E-state index in [1.807, 2.05) is 43.3 Å². The van der Waals surface area contributed by atoms with Crippen molar-refractivity contribution in [1.82, 2.24) is 10.1 Å². The lowest BCUT2D eigenvalue weighted by molar-refractivity contribution is 0.432. The molecule has 0 unspecified atom stereocenters. The zero-order valence-electron chi connectivity index (χ0n) is 10.8. The minimum Gasteiger partial charge on any atom is -0.399 e. The van der Waals surface area contributed by atoms with Gasteiger partial charge in [-0.2, -0.15) is 4.98 Å². The molecule has 2 N–H and O–H groups in total. The van der Waals surface area contributed by atoms with Gasteiger partial charge in [-0.15, -0.1) is 0 Å². The van der Waals surface area contributed by atoms with Crippen molar-refractivity contribution in [2.24, 2.45) is 0 Å². The lowest BCUT2D eigenvalue weighted by Gasteiger charge is -1.99. The van der Waals surface area contributed by atoms with Crippen LogP contribution in [0.15, 0.2) is 51.5 Å². The van der Waals surface area contributed by atoms with Gasteiger partial charge in [0.25, 0.3) is 5.89 Å². The number of rotatable bonds is 2. The maximum atomic E-state index is 5.79. The largest absolute Gasteiger partial charge is 0.399 e. The maximum absolute atomic E-state index is 5.79. The first-order valence-electron chi connectivity index (χ1n) is 6.09. The highest BCUT2D eigenvalue weighted by Gasteiger charge is 2.13. The molecule has 1 aromatic heterocycles. The van der Waals surface area contributed by atoms with Crippen LogP contribution in [0, 0.1) is 6.92 Å². The number of nitrogens with zero attached hydrogens (tertiary/aromatic N) is 2. The number of aryl methyl sites for hydroxylation is 1.